The first kappa shape index (κ1) is 7.36. The number of nitrogens with zero attached hydrogens (tertiary/aromatic N) is 1. The molecule has 0 atom stereocenters. The molecule has 0 aromatic carbocycles. The van der Waals surface area contributed by atoms with E-state index in [1.165, 1.54) is 0 Å². The molecule has 1 heteroatoms. The van der Waals surface area contributed by atoms with Crippen LogP contribution in [0, 0.1) is 12.0 Å². The Labute approximate surface area is 51.7 Å². The molecule has 0 spiro atoms. The Balaban J connectivity index is 3.58. The number of rotatable bonds is 1. The van der Waals surface area contributed by atoms with Gasteiger partial charge in [-0.15, -0.1) is 0 Å². The van der Waals surface area contributed by atoms with Gasteiger partial charge in [0.2, 0.25) is 0 Å². The molecule has 0 heterocycles. The predicted octanol–water partition coefficient (Wildman–Crippen LogP) is 1.31. The van der Waals surface area contributed by atoms with Gasteiger partial charge in [0.15, 0.2) is 0 Å². The Morgan fingerprint density at radius 2 is 1.88 bits per heavy atom. The maximum atomic E-state index is 2.93. The summed E-state index contributed by atoms with van der Waals surface area (Å²) < 4.78 is 0. The maximum absolute atomic E-state index is 2.93. The fourth-order valence-electron chi connectivity index (χ4n) is 0.305. The van der Waals surface area contributed by atoms with Gasteiger partial charge in [0.25, 0.3) is 0 Å². The van der Waals surface area contributed by atoms with E-state index in [1.54, 1.807) is 0 Å². The Morgan fingerprint density at radius 1 is 1.38 bits per heavy atom. The van der Waals surface area contributed by atoms with Crippen LogP contribution in [0.5, 0.6) is 0 Å². The van der Waals surface area contributed by atoms with E-state index in [9.17, 15) is 0 Å². The number of hydrogen-bond acceptors (Lipinski definition) is 1. The lowest BCUT2D eigenvalue weighted by Gasteiger charge is -2.14. The number of hydrogen-bond donors (Lipinski definition) is 0. The Hall–Kier alpha value is -0.640. The van der Waals surface area contributed by atoms with Crippen LogP contribution in [0.25, 0.3) is 0 Å². The molecule has 1 nitrogen and oxygen atoms in total. The molecule has 0 radical (unpaired) electrons. The van der Waals surface area contributed by atoms with Gasteiger partial charge in [-0.05, 0) is 20.8 Å². The maximum Gasteiger partial charge on any atom is 0.0311 e. The minimum absolute atomic E-state index is 0.530. The van der Waals surface area contributed by atoms with Crippen molar-refractivity contribution in [1.29, 1.82) is 0 Å². The molecule has 0 aliphatic heterocycles. The van der Waals surface area contributed by atoms with Crippen molar-refractivity contribution in [2.45, 2.75) is 26.8 Å². The van der Waals surface area contributed by atoms with E-state index >= 15 is 0 Å². The summed E-state index contributed by atoms with van der Waals surface area (Å²) >= 11 is 0. The van der Waals surface area contributed by atoms with Crippen LogP contribution in [0.2, 0.25) is 0 Å². The van der Waals surface area contributed by atoms with Crippen molar-refractivity contribution in [1.82, 2.24) is 4.90 Å². The molecule has 0 aromatic heterocycles. The second-order valence-corrected chi connectivity index (χ2v) is 2.07. The van der Waals surface area contributed by atoms with Gasteiger partial charge in [0.05, 0.1) is 0 Å². The highest BCUT2D eigenvalue weighted by Crippen LogP contribution is 1.88. The van der Waals surface area contributed by atoms with Gasteiger partial charge in [-0.3, -0.25) is 0 Å². The molecule has 0 saturated carbocycles. The molecule has 0 fully saturated rings. The van der Waals surface area contributed by atoms with Crippen molar-refractivity contribution in [2.24, 2.45) is 0 Å². The highest BCUT2D eigenvalue weighted by Gasteiger charge is 1.93. The fraction of sp³-hybridized carbons (Fsp3) is 0.714. The highest BCUT2D eigenvalue weighted by atomic mass is 15.1. The summed E-state index contributed by atoms with van der Waals surface area (Å²) in [6, 6.07) is 3.46. The smallest absolute Gasteiger partial charge is 0.0311 e. The quantitative estimate of drug-likeness (QED) is 0.364. The molecule has 0 saturated heterocycles. The highest BCUT2D eigenvalue weighted by molar-refractivity contribution is 4.94. The lowest BCUT2D eigenvalue weighted by molar-refractivity contribution is 0.398. The molecule has 46 valence electrons. The topological polar surface area (TPSA) is 3.24 Å². The van der Waals surface area contributed by atoms with Crippen molar-refractivity contribution in [2.75, 3.05) is 7.05 Å². The van der Waals surface area contributed by atoms with E-state index in [-0.39, 0.29) is 0 Å². The normalized spacial score (nSPS) is 8.12. The van der Waals surface area contributed by atoms with Gasteiger partial charge in [0.1, 0.15) is 0 Å². The molecule has 0 aliphatic rings. The standard InChI is InChI=1S/C7H13N/c1-5-6-8(4)7(2)3/h7H,1-4H3. The van der Waals surface area contributed by atoms with Gasteiger partial charge in [0, 0.05) is 19.1 Å². The zero-order chi connectivity index (χ0) is 6.57. The molecular formula is C7H13N. The third kappa shape index (κ3) is 2.52. The van der Waals surface area contributed by atoms with E-state index in [4.69, 9.17) is 0 Å². The molecule has 0 amide bonds. The first-order chi connectivity index (χ1) is 3.68. The van der Waals surface area contributed by atoms with Crippen molar-refractivity contribution in [3.05, 3.63) is 0 Å². The Kier molecular flexibility index (Phi) is 3.10. The molecular weight excluding hydrogens is 98.1 g/mol. The van der Waals surface area contributed by atoms with Crippen LogP contribution < -0.4 is 0 Å². The van der Waals surface area contributed by atoms with Crippen LogP contribution >= 0.6 is 0 Å². The summed E-state index contributed by atoms with van der Waals surface area (Å²) in [5.41, 5.74) is 0. The summed E-state index contributed by atoms with van der Waals surface area (Å²) in [5, 5.41) is 0. The summed E-state index contributed by atoms with van der Waals surface area (Å²) in [4.78, 5) is 1.99. The minimum atomic E-state index is 0.530. The first-order valence-electron chi connectivity index (χ1n) is 2.83. The van der Waals surface area contributed by atoms with Crippen molar-refractivity contribution >= 4 is 0 Å². The predicted molar refractivity (Wildman–Crippen MR) is 36.3 cm³/mol. The van der Waals surface area contributed by atoms with Crippen LogP contribution in [-0.4, -0.2) is 18.0 Å². The molecule has 0 aliphatic carbocycles. The van der Waals surface area contributed by atoms with E-state index in [2.05, 4.69) is 25.8 Å². The van der Waals surface area contributed by atoms with Gasteiger partial charge >= 0.3 is 0 Å². The monoisotopic (exact) mass is 111 g/mol. The lowest BCUT2D eigenvalue weighted by atomic mass is 10.4. The summed E-state index contributed by atoms with van der Waals surface area (Å²) in [6.45, 7) is 6.08. The molecule has 8 heavy (non-hydrogen) atoms. The van der Waals surface area contributed by atoms with Crippen molar-refractivity contribution < 1.29 is 0 Å². The largest absolute Gasteiger partial charge is 0.333 e. The van der Waals surface area contributed by atoms with Crippen molar-refractivity contribution in [3.8, 4) is 12.0 Å². The zero-order valence-corrected chi connectivity index (χ0v) is 6.02. The molecule has 0 N–H and O–H groups in total. The lowest BCUT2D eigenvalue weighted by Crippen LogP contribution is -2.20. The van der Waals surface area contributed by atoms with Gasteiger partial charge in [-0.25, -0.2) is 0 Å². The Bertz CT molecular complexity index is 105. The van der Waals surface area contributed by atoms with Crippen LogP contribution in [0.4, 0.5) is 0 Å². The van der Waals surface area contributed by atoms with Crippen molar-refractivity contribution in [3.63, 3.8) is 0 Å². The SMILES string of the molecule is CC#CN(C)C(C)C. The third-order valence-electron chi connectivity index (χ3n) is 1.06. The van der Waals surface area contributed by atoms with E-state index in [1.807, 2.05) is 18.9 Å². The molecule has 0 unspecified atom stereocenters. The fourth-order valence-corrected chi connectivity index (χ4v) is 0.305. The van der Waals surface area contributed by atoms with Gasteiger partial charge < -0.3 is 4.90 Å². The summed E-state index contributed by atoms with van der Waals surface area (Å²) in [6.07, 6.45) is 0. The summed E-state index contributed by atoms with van der Waals surface area (Å²) in [5.74, 6) is 2.82. The van der Waals surface area contributed by atoms with Crippen LogP contribution in [0.3, 0.4) is 0 Å². The zero-order valence-electron chi connectivity index (χ0n) is 6.02. The van der Waals surface area contributed by atoms with Crippen LogP contribution in [0.1, 0.15) is 20.8 Å². The van der Waals surface area contributed by atoms with E-state index < -0.39 is 0 Å². The average molecular weight is 111 g/mol. The second-order valence-electron chi connectivity index (χ2n) is 2.07. The minimum Gasteiger partial charge on any atom is -0.333 e. The summed E-state index contributed by atoms with van der Waals surface area (Å²) in [7, 11) is 1.99. The second kappa shape index (κ2) is 3.37. The van der Waals surface area contributed by atoms with Gasteiger partial charge in [-0.1, -0.05) is 5.92 Å². The third-order valence-corrected chi connectivity index (χ3v) is 1.06. The molecule has 0 rings (SSSR count). The van der Waals surface area contributed by atoms with Crippen LogP contribution in [0.15, 0.2) is 0 Å². The average Bonchev–Trinajstić information content (AvgIpc) is 1.67. The van der Waals surface area contributed by atoms with Gasteiger partial charge in [-0.2, -0.15) is 0 Å². The van der Waals surface area contributed by atoms with Crippen LogP contribution in [-0.2, 0) is 0 Å². The first-order valence-corrected chi connectivity index (χ1v) is 2.83. The molecule has 0 aromatic rings. The molecule has 0 bridgehead atoms. The van der Waals surface area contributed by atoms with E-state index in [0.29, 0.717) is 6.04 Å². The van der Waals surface area contributed by atoms with E-state index in [0.717, 1.165) is 0 Å². The Morgan fingerprint density at radius 3 is 2.00 bits per heavy atom.